The van der Waals surface area contributed by atoms with Gasteiger partial charge < -0.3 is 14.7 Å². The van der Waals surface area contributed by atoms with E-state index >= 15 is 0 Å². The highest BCUT2D eigenvalue weighted by molar-refractivity contribution is 6.32. The summed E-state index contributed by atoms with van der Waals surface area (Å²) in [7, 11) is 0. The fourth-order valence-electron chi connectivity index (χ4n) is 3.04. The van der Waals surface area contributed by atoms with Crippen LogP contribution in [0.5, 0.6) is 5.75 Å². The lowest BCUT2D eigenvalue weighted by Crippen LogP contribution is -2.51. The van der Waals surface area contributed by atoms with Gasteiger partial charge in [0.05, 0.1) is 5.02 Å². The van der Waals surface area contributed by atoms with Crippen LogP contribution in [0, 0.1) is 0 Å². The molecule has 0 saturated carbocycles. The zero-order valence-corrected chi connectivity index (χ0v) is 16.4. The van der Waals surface area contributed by atoms with Crippen LogP contribution < -0.4 is 4.74 Å². The van der Waals surface area contributed by atoms with Crippen molar-refractivity contribution in [2.75, 3.05) is 39.3 Å². The van der Waals surface area contributed by atoms with Crippen molar-refractivity contribution in [3.63, 3.8) is 0 Å². The molecule has 1 unspecified atom stereocenters. The van der Waals surface area contributed by atoms with Gasteiger partial charge in [-0.25, -0.2) is 0 Å². The van der Waals surface area contributed by atoms with Gasteiger partial charge >= 0.3 is 0 Å². The summed E-state index contributed by atoms with van der Waals surface area (Å²) < 4.78 is 5.58. The van der Waals surface area contributed by atoms with E-state index in [0.717, 1.165) is 0 Å². The molecule has 27 heavy (non-hydrogen) atoms. The highest BCUT2D eigenvalue weighted by Crippen LogP contribution is 2.23. The highest BCUT2D eigenvalue weighted by Gasteiger charge is 2.23. The Balaban J connectivity index is 1.44. The number of piperazine rings is 1. The van der Waals surface area contributed by atoms with Crippen LogP contribution in [0.15, 0.2) is 48.5 Å². The quantitative estimate of drug-likeness (QED) is 0.797. The van der Waals surface area contributed by atoms with Gasteiger partial charge in [0.1, 0.15) is 18.5 Å². The van der Waals surface area contributed by atoms with Crippen molar-refractivity contribution >= 4 is 29.1 Å². The second kappa shape index (κ2) is 9.42. The van der Waals surface area contributed by atoms with Crippen molar-refractivity contribution < 1.29 is 14.6 Å². The Hall–Kier alpha value is -1.79. The molecule has 1 aliphatic rings. The summed E-state index contributed by atoms with van der Waals surface area (Å²) in [5, 5.41) is 11.3. The van der Waals surface area contributed by atoms with Gasteiger partial charge in [-0.3, -0.25) is 9.69 Å². The monoisotopic (exact) mass is 408 g/mol. The number of hydrogen-bond donors (Lipinski definition) is 1. The predicted octanol–water partition coefficient (Wildman–Crippen LogP) is 3.19. The lowest BCUT2D eigenvalue weighted by molar-refractivity contribution is 0.0404. The predicted molar refractivity (Wildman–Crippen MR) is 107 cm³/mol. The maximum Gasteiger partial charge on any atom is 0.253 e. The summed E-state index contributed by atoms with van der Waals surface area (Å²) in [6.07, 6.45) is -0.628. The highest BCUT2D eigenvalue weighted by atomic mass is 35.5. The summed E-state index contributed by atoms with van der Waals surface area (Å²) >= 11 is 12.0. The molecule has 1 amide bonds. The lowest BCUT2D eigenvalue weighted by atomic mass is 10.2. The van der Waals surface area contributed by atoms with Gasteiger partial charge in [-0.1, -0.05) is 41.4 Å². The molecule has 0 aliphatic carbocycles. The van der Waals surface area contributed by atoms with Crippen LogP contribution in [0.25, 0.3) is 0 Å². The number of para-hydroxylation sites is 1. The standard InChI is InChI=1S/C20H22Cl2N2O3/c21-16-5-3-4-15(12-16)20(26)24-10-8-23(9-11-24)13-17(25)14-27-19-7-2-1-6-18(19)22/h1-7,12,17,25H,8-11,13-14H2. The van der Waals surface area contributed by atoms with E-state index in [1.54, 1.807) is 36.4 Å². The molecule has 5 nitrogen and oxygen atoms in total. The number of aliphatic hydroxyl groups excluding tert-OH is 1. The molecule has 7 heteroatoms. The first kappa shape index (κ1) is 20.0. The number of hydrogen-bond acceptors (Lipinski definition) is 4. The normalized spacial score (nSPS) is 16.2. The summed E-state index contributed by atoms with van der Waals surface area (Å²) in [6, 6.07) is 14.2. The average molecular weight is 409 g/mol. The second-order valence-electron chi connectivity index (χ2n) is 6.50. The van der Waals surface area contributed by atoms with Gasteiger partial charge in [-0.2, -0.15) is 0 Å². The number of halogens is 2. The Morgan fingerprint density at radius 2 is 1.81 bits per heavy atom. The molecule has 2 aromatic carbocycles. The van der Waals surface area contributed by atoms with E-state index in [0.29, 0.717) is 54.1 Å². The maximum atomic E-state index is 12.5. The number of amides is 1. The molecule has 3 rings (SSSR count). The number of nitrogens with zero attached hydrogens (tertiary/aromatic N) is 2. The number of carbonyl (C=O) groups excluding carboxylic acids is 1. The molecular weight excluding hydrogens is 387 g/mol. The average Bonchev–Trinajstić information content (AvgIpc) is 2.67. The van der Waals surface area contributed by atoms with Crippen molar-refractivity contribution in [3.8, 4) is 5.75 Å². The van der Waals surface area contributed by atoms with Crippen LogP contribution in [0.4, 0.5) is 0 Å². The molecule has 1 saturated heterocycles. The van der Waals surface area contributed by atoms with E-state index in [-0.39, 0.29) is 12.5 Å². The van der Waals surface area contributed by atoms with Gasteiger partial charge in [0.25, 0.3) is 5.91 Å². The second-order valence-corrected chi connectivity index (χ2v) is 7.34. The minimum absolute atomic E-state index is 0.0141. The van der Waals surface area contributed by atoms with Gasteiger partial charge in [0, 0.05) is 43.3 Å². The Labute approximate surface area is 169 Å². The van der Waals surface area contributed by atoms with Crippen molar-refractivity contribution in [2.24, 2.45) is 0 Å². The lowest BCUT2D eigenvalue weighted by Gasteiger charge is -2.35. The largest absolute Gasteiger partial charge is 0.489 e. The molecule has 2 aromatic rings. The van der Waals surface area contributed by atoms with Crippen LogP contribution in [-0.2, 0) is 0 Å². The fourth-order valence-corrected chi connectivity index (χ4v) is 3.42. The summed E-state index contributed by atoms with van der Waals surface area (Å²) in [5.74, 6) is 0.551. The number of carbonyl (C=O) groups is 1. The third-order valence-electron chi connectivity index (χ3n) is 4.47. The van der Waals surface area contributed by atoms with Crippen LogP contribution in [0.1, 0.15) is 10.4 Å². The Morgan fingerprint density at radius 1 is 1.07 bits per heavy atom. The first-order valence-electron chi connectivity index (χ1n) is 8.85. The molecule has 0 spiro atoms. The van der Waals surface area contributed by atoms with Gasteiger partial charge in [0.15, 0.2) is 0 Å². The summed E-state index contributed by atoms with van der Waals surface area (Å²) in [6.45, 7) is 3.30. The zero-order valence-electron chi connectivity index (χ0n) is 14.9. The molecule has 1 fully saturated rings. The van der Waals surface area contributed by atoms with Crippen molar-refractivity contribution in [2.45, 2.75) is 6.10 Å². The Morgan fingerprint density at radius 3 is 2.52 bits per heavy atom. The minimum atomic E-state index is -0.628. The Bertz CT molecular complexity index is 779. The van der Waals surface area contributed by atoms with Gasteiger partial charge in [-0.15, -0.1) is 0 Å². The molecule has 1 atom stereocenters. The van der Waals surface area contributed by atoms with E-state index in [1.807, 2.05) is 17.0 Å². The topological polar surface area (TPSA) is 53.0 Å². The number of β-amino-alcohol motifs (C(OH)–C–C–N with tert-alkyl or cyclic N) is 1. The molecule has 0 radical (unpaired) electrons. The SMILES string of the molecule is O=C(c1cccc(Cl)c1)N1CCN(CC(O)COc2ccccc2Cl)CC1. The first-order valence-corrected chi connectivity index (χ1v) is 9.61. The van der Waals surface area contributed by atoms with Crippen LogP contribution in [0.3, 0.4) is 0 Å². The molecule has 1 heterocycles. The molecule has 144 valence electrons. The first-order chi connectivity index (χ1) is 13.0. The van der Waals surface area contributed by atoms with Gasteiger partial charge in [0.2, 0.25) is 0 Å². The summed E-state index contributed by atoms with van der Waals surface area (Å²) in [5.41, 5.74) is 0.601. The van der Waals surface area contributed by atoms with Crippen LogP contribution in [-0.4, -0.2) is 66.2 Å². The number of ether oxygens (including phenoxy) is 1. The number of aliphatic hydroxyl groups is 1. The fraction of sp³-hybridized carbons (Fsp3) is 0.350. The number of rotatable bonds is 6. The van der Waals surface area contributed by atoms with E-state index < -0.39 is 6.10 Å². The van der Waals surface area contributed by atoms with E-state index in [2.05, 4.69) is 4.90 Å². The van der Waals surface area contributed by atoms with Crippen molar-refractivity contribution in [3.05, 3.63) is 64.1 Å². The zero-order chi connectivity index (χ0) is 19.2. The van der Waals surface area contributed by atoms with Gasteiger partial charge in [-0.05, 0) is 30.3 Å². The molecule has 0 bridgehead atoms. The molecule has 0 aromatic heterocycles. The van der Waals surface area contributed by atoms with E-state index in [4.69, 9.17) is 27.9 Å². The smallest absolute Gasteiger partial charge is 0.253 e. The van der Waals surface area contributed by atoms with Crippen molar-refractivity contribution in [1.29, 1.82) is 0 Å². The van der Waals surface area contributed by atoms with Crippen LogP contribution in [0.2, 0.25) is 10.0 Å². The number of benzene rings is 2. The molecular formula is C20H22Cl2N2O3. The third-order valence-corrected chi connectivity index (χ3v) is 5.02. The van der Waals surface area contributed by atoms with Crippen molar-refractivity contribution in [1.82, 2.24) is 9.80 Å². The third kappa shape index (κ3) is 5.59. The molecule has 1 aliphatic heterocycles. The van der Waals surface area contributed by atoms with E-state index in [9.17, 15) is 9.90 Å². The summed E-state index contributed by atoms with van der Waals surface area (Å²) in [4.78, 5) is 16.5. The Kier molecular flexibility index (Phi) is 6.96. The maximum absolute atomic E-state index is 12.5. The van der Waals surface area contributed by atoms with E-state index in [1.165, 1.54) is 0 Å². The minimum Gasteiger partial charge on any atom is -0.489 e. The molecule has 1 N–H and O–H groups in total. The van der Waals surface area contributed by atoms with Crippen LogP contribution >= 0.6 is 23.2 Å².